The zero-order chi connectivity index (χ0) is 24.8. The van der Waals surface area contributed by atoms with Crippen molar-refractivity contribution in [3.8, 4) is 0 Å². The summed E-state index contributed by atoms with van der Waals surface area (Å²) in [5.41, 5.74) is 6.25. The van der Waals surface area contributed by atoms with Crippen molar-refractivity contribution in [3.63, 3.8) is 0 Å². The minimum Gasteiger partial charge on any atom is -0.550 e. The zero-order valence-electron chi connectivity index (χ0n) is 19.7. The average Bonchev–Trinajstić information content (AvgIpc) is 2.79. The van der Waals surface area contributed by atoms with Crippen LogP contribution in [-0.2, 0) is 19.2 Å². The number of carboxylic acid groups (broad SMARTS) is 2. The van der Waals surface area contributed by atoms with Crippen LogP contribution in [0.25, 0.3) is 0 Å². The maximum absolute atomic E-state index is 12.3. The molecule has 0 saturated heterocycles. The van der Waals surface area contributed by atoms with Gasteiger partial charge in [0.25, 0.3) is 11.8 Å². The maximum atomic E-state index is 12.3. The third kappa shape index (κ3) is 8.01. The Morgan fingerprint density at radius 2 is 1.89 bits per heavy atom. The van der Waals surface area contributed by atoms with Crippen LogP contribution in [0, 0.1) is 0 Å². The molecule has 3 atom stereocenters. The van der Waals surface area contributed by atoms with Crippen molar-refractivity contribution in [3.05, 3.63) is 29.8 Å². The number of amides is 3. The molecule has 2 aliphatic rings. The first-order valence-electron chi connectivity index (χ1n) is 10.2. The van der Waals surface area contributed by atoms with E-state index in [1.807, 2.05) is 0 Å². The molecule has 180 valence electrons. The second-order valence-electron chi connectivity index (χ2n) is 7.51. The molecule has 3 amide bonds. The molecule has 1 aromatic carbocycles. The Labute approximate surface area is 249 Å². The number of nitrogens with one attached hydrogen (secondary N) is 3. The fourth-order valence-corrected chi connectivity index (χ4v) is 3.46. The molecule has 36 heavy (non-hydrogen) atoms. The van der Waals surface area contributed by atoms with Crippen LogP contribution < -0.4 is 91.0 Å². The van der Waals surface area contributed by atoms with Gasteiger partial charge in [-0.25, -0.2) is 0 Å². The largest absolute Gasteiger partial charge is 1.00 e. The first-order valence-corrected chi connectivity index (χ1v) is 10.2. The molecular weight excluding hydrogens is 496 g/mol. The summed E-state index contributed by atoms with van der Waals surface area (Å²) < 4.78 is 0. The van der Waals surface area contributed by atoms with E-state index in [2.05, 4.69) is 25.9 Å². The monoisotopic (exact) mass is 517 g/mol. The molecule has 1 unspecified atom stereocenters. The van der Waals surface area contributed by atoms with E-state index in [0.29, 0.717) is 12.1 Å². The van der Waals surface area contributed by atoms with Crippen LogP contribution in [0.3, 0.4) is 0 Å². The maximum Gasteiger partial charge on any atom is 1.00 e. The molecule has 0 spiro atoms. The molecule has 0 fully saturated rings. The van der Waals surface area contributed by atoms with Gasteiger partial charge in [-0.05, 0) is 37.1 Å². The van der Waals surface area contributed by atoms with Crippen molar-refractivity contribution in [1.82, 2.24) is 15.5 Å². The van der Waals surface area contributed by atoms with Gasteiger partial charge >= 0.3 is 59.1 Å². The van der Waals surface area contributed by atoms with Gasteiger partial charge in [0.15, 0.2) is 11.9 Å². The van der Waals surface area contributed by atoms with Crippen LogP contribution in [0.5, 0.6) is 0 Å². The summed E-state index contributed by atoms with van der Waals surface area (Å²) in [6.45, 7) is 0.429. The number of carboxylic acids is 2. The van der Waals surface area contributed by atoms with Gasteiger partial charge in [-0.2, -0.15) is 4.99 Å². The third-order valence-electron chi connectivity index (χ3n) is 5.20. The van der Waals surface area contributed by atoms with E-state index in [4.69, 9.17) is 5.73 Å². The number of nitrogens with two attached hydrogens (primary N) is 1. The number of fused-ring (bicyclic) bond motifs is 1. The quantitative estimate of drug-likeness (QED) is 0.171. The molecule has 2 aliphatic heterocycles. The number of aliphatic imine (C=N–C) groups is 2. The van der Waals surface area contributed by atoms with Crippen LogP contribution >= 0.6 is 0 Å². The second-order valence-corrected chi connectivity index (χ2v) is 7.51. The topological polar surface area (TPSA) is 222 Å². The molecule has 0 radical (unpaired) electrons. The van der Waals surface area contributed by atoms with Crippen LogP contribution in [0.15, 0.2) is 34.3 Å². The standard InChI is InChI=1S/C20H23N7O7.2Na/c21-20-25-16-15(18(32)26-20)27(9-28)12(8-23-16)7-22-11-3-1-10(2-4-11)17(31)24-13(19(33)34)5-6-14(29)30;;/h1-4,9,12-13,15,22H,5-8H2,(H,24,31)(H,29,30)(H,33,34)(H3,21,23,25,26,32);;/q;2*+1/p-2/t12-,13-,15?;;/m0../s1. The fraction of sp³-hybridized carbons (Fsp3) is 0.350. The number of carbonyl (C=O) groups is 5. The number of hydrogen-bond acceptors (Lipinski definition) is 11. The number of guanidine groups is 1. The molecule has 3 rings (SSSR count). The van der Waals surface area contributed by atoms with Gasteiger partial charge in [-0.3, -0.25) is 24.7 Å². The van der Waals surface area contributed by atoms with Crippen LogP contribution in [0.1, 0.15) is 23.2 Å². The number of aliphatic carboxylic acids is 2. The summed E-state index contributed by atoms with van der Waals surface area (Å²) in [6, 6.07) is 3.07. The van der Waals surface area contributed by atoms with Gasteiger partial charge < -0.3 is 41.1 Å². The second kappa shape index (κ2) is 14.3. The number of anilines is 1. The Kier molecular flexibility index (Phi) is 12.5. The van der Waals surface area contributed by atoms with Crippen molar-refractivity contribution in [1.29, 1.82) is 0 Å². The first kappa shape index (κ1) is 31.5. The minimum absolute atomic E-state index is 0. The van der Waals surface area contributed by atoms with Gasteiger partial charge in [0.1, 0.15) is 0 Å². The van der Waals surface area contributed by atoms with E-state index >= 15 is 0 Å². The van der Waals surface area contributed by atoms with E-state index in [-0.39, 0.29) is 96.0 Å². The number of carbonyl (C=O) groups excluding carboxylic acids is 5. The van der Waals surface area contributed by atoms with Gasteiger partial charge in [0, 0.05) is 23.8 Å². The summed E-state index contributed by atoms with van der Waals surface area (Å²) in [5.74, 6) is -4.20. The van der Waals surface area contributed by atoms with Crippen molar-refractivity contribution < 1.29 is 93.3 Å². The number of rotatable bonds is 10. The minimum atomic E-state index is -1.61. The summed E-state index contributed by atoms with van der Waals surface area (Å²) in [5, 5.41) is 29.3. The number of hydrogen-bond donors (Lipinski definition) is 4. The summed E-state index contributed by atoms with van der Waals surface area (Å²) in [4.78, 5) is 67.3. The molecule has 0 aromatic heterocycles. The summed E-state index contributed by atoms with van der Waals surface area (Å²) >= 11 is 0. The fourth-order valence-electron chi connectivity index (χ4n) is 3.46. The van der Waals surface area contributed by atoms with Crippen molar-refractivity contribution in [2.24, 2.45) is 15.7 Å². The summed E-state index contributed by atoms with van der Waals surface area (Å²) in [7, 11) is 0. The number of amidine groups is 1. The smallest absolute Gasteiger partial charge is 0.550 e. The molecule has 2 heterocycles. The SMILES string of the molecule is NC1=NC2=NC[C@H](CNc3ccc(C(=O)N[C@@H](CCC(=O)[O-])C(=O)[O-])cc3)N(C=O)C2C(=O)N1.[Na+].[Na+]. The number of nitrogens with zero attached hydrogens (tertiary/aromatic N) is 3. The Hall–Kier alpha value is -2.49. The normalized spacial score (nSPS) is 19.0. The van der Waals surface area contributed by atoms with E-state index in [0.717, 1.165) is 0 Å². The Morgan fingerprint density at radius 3 is 2.47 bits per heavy atom. The molecule has 0 bridgehead atoms. The Bertz CT molecular complexity index is 1060. The van der Waals surface area contributed by atoms with E-state index in [1.165, 1.54) is 17.0 Å². The molecule has 1 aromatic rings. The predicted octanol–water partition coefficient (Wildman–Crippen LogP) is -10.5. The molecule has 0 saturated carbocycles. The number of benzene rings is 1. The Balaban J connectivity index is 0.00000324. The molecule has 5 N–H and O–H groups in total. The van der Waals surface area contributed by atoms with Crippen LogP contribution in [0.2, 0.25) is 0 Å². The third-order valence-corrected chi connectivity index (χ3v) is 5.20. The predicted molar refractivity (Wildman–Crippen MR) is 113 cm³/mol. The zero-order valence-corrected chi connectivity index (χ0v) is 23.7. The van der Waals surface area contributed by atoms with E-state index in [9.17, 15) is 34.2 Å². The van der Waals surface area contributed by atoms with Gasteiger partial charge in [-0.15, -0.1) is 0 Å². The van der Waals surface area contributed by atoms with E-state index < -0.39 is 48.3 Å². The van der Waals surface area contributed by atoms with Crippen molar-refractivity contribution in [2.75, 3.05) is 18.4 Å². The van der Waals surface area contributed by atoms with Crippen molar-refractivity contribution >= 4 is 47.6 Å². The summed E-state index contributed by atoms with van der Waals surface area (Å²) in [6.07, 6.45) is -0.371. The van der Waals surface area contributed by atoms with Gasteiger partial charge in [0.05, 0.1) is 24.6 Å². The van der Waals surface area contributed by atoms with Gasteiger partial charge in [0.2, 0.25) is 12.4 Å². The van der Waals surface area contributed by atoms with E-state index in [1.54, 1.807) is 12.1 Å². The molecule has 14 nitrogen and oxygen atoms in total. The molecule has 0 aliphatic carbocycles. The van der Waals surface area contributed by atoms with Gasteiger partial charge in [-0.1, -0.05) is 0 Å². The van der Waals surface area contributed by atoms with Crippen LogP contribution in [0.4, 0.5) is 5.69 Å². The van der Waals surface area contributed by atoms with Crippen molar-refractivity contribution in [2.45, 2.75) is 31.0 Å². The van der Waals surface area contributed by atoms with Crippen LogP contribution in [-0.4, -0.2) is 78.1 Å². The molecule has 16 heteroatoms. The Morgan fingerprint density at radius 1 is 1.22 bits per heavy atom. The first-order chi connectivity index (χ1) is 16.2. The average molecular weight is 517 g/mol. The molecular formula is C20H21N7Na2O7.